The van der Waals surface area contributed by atoms with E-state index in [9.17, 15) is 23.1 Å². The summed E-state index contributed by atoms with van der Waals surface area (Å²) in [5, 5.41) is 17.8. The predicted octanol–water partition coefficient (Wildman–Crippen LogP) is 4.97. The van der Waals surface area contributed by atoms with Gasteiger partial charge in [-0.25, -0.2) is 18.2 Å². The third-order valence-electron chi connectivity index (χ3n) is 8.53. The van der Waals surface area contributed by atoms with E-state index in [4.69, 9.17) is 4.74 Å². The topological polar surface area (TPSA) is 132 Å². The van der Waals surface area contributed by atoms with Crippen molar-refractivity contribution in [3.63, 3.8) is 0 Å². The first kappa shape index (κ1) is 38.3. The Bertz CT molecular complexity index is 1630. The summed E-state index contributed by atoms with van der Waals surface area (Å²) in [5.74, 6) is 0.186. The Balaban J connectivity index is 1.55. The number of aliphatic hydroxyl groups is 1. The Morgan fingerprint density at radius 1 is 1.02 bits per heavy atom. The van der Waals surface area contributed by atoms with E-state index < -0.39 is 34.1 Å². The number of benzene rings is 2. The molecule has 13 heteroatoms. The van der Waals surface area contributed by atoms with Crippen LogP contribution in [0.5, 0.6) is 5.75 Å². The maximum Gasteiger partial charge on any atom is 0.321 e. The molecule has 2 N–H and O–H groups in total. The van der Waals surface area contributed by atoms with Gasteiger partial charge in [-0.3, -0.25) is 4.79 Å². The van der Waals surface area contributed by atoms with Crippen LogP contribution in [0.15, 0.2) is 64.9 Å². The fourth-order valence-electron chi connectivity index (χ4n) is 6.00. The van der Waals surface area contributed by atoms with Gasteiger partial charge in [-0.2, -0.15) is 4.31 Å². The average molecular weight is 714 g/mol. The second-order valence-corrected chi connectivity index (χ2v) is 16.5. The summed E-state index contributed by atoms with van der Waals surface area (Å²) in [5.41, 5.74) is 1.70. The maximum absolute atomic E-state index is 14.1. The SMILES string of the molecule is COc1ccc(S(=O)(=O)N(CC(C)C)C[C@@H](O)[C@H](Cc2ccccc2)NC(=O)C(C(C)C)N2CCN(Cc3csc(C(C)C)n3)C2=O)cc1. The smallest absolute Gasteiger partial charge is 0.321 e. The van der Waals surface area contributed by atoms with Crippen molar-refractivity contribution < 1.29 is 27.9 Å². The van der Waals surface area contributed by atoms with Crippen LogP contribution in [0.3, 0.4) is 0 Å². The molecule has 3 atom stereocenters. The van der Waals surface area contributed by atoms with Crippen molar-refractivity contribution in [3.8, 4) is 5.75 Å². The fourth-order valence-corrected chi connectivity index (χ4v) is 8.44. The van der Waals surface area contributed by atoms with Gasteiger partial charge in [0.15, 0.2) is 0 Å². The molecule has 3 amide bonds. The highest BCUT2D eigenvalue weighted by molar-refractivity contribution is 7.89. The van der Waals surface area contributed by atoms with Crippen LogP contribution in [0, 0.1) is 11.8 Å². The lowest BCUT2D eigenvalue weighted by atomic mass is 9.97. The summed E-state index contributed by atoms with van der Waals surface area (Å²) in [6, 6.07) is 13.7. The van der Waals surface area contributed by atoms with Gasteiger partial charge in [0.2, 0.25) is 15.9 Å². The minimum atomic E-state index is -3.99. The molecule has 2 heterocycles. The minimum Gasteiger partial charge on any atom is -0.497 e. The number of urea groups is 1. The molecule has 0 saturated carbocycles. The van der Waals surface area contributed by atoms with Crippen LogP contribution in [0.2, 0.25) is 0 Å². The van der Waals surface area contributed by atoms with Gasteiger partial charge in [0.1, 0.15) is 11.8 Å². The summed E-state index contributed by atoms with van der Waals surface area (Å²) in [6.45, 7) is 12.9. The number of nitrogens with one attached hydrogen (secondary N) is 1. The van der Waals surface area contributed by atoms with E-state index in [0.717, 1.165) is 16.3 Å². The number of thiazole rings is 1. The van der Waals surface area contributed by atoms with Gasteiger partial charge >= 0.3 is 6.03 Å². The maximum atomic E-state index is 14.1. The largest absolute Gasteiger partial charge is 0.497 e. The second kappa shape index (κ2) is 16.9. The van der Waals surface area contributed by atoms with Crippen LogP contribution in [0.1, 0.15) is 63.7 Å². The molecule has 1 aliphatic rings. The Morgan fingerprint density at radius 2 is 1.69 bits per heavy atom. The van der Waals surface area contributed by atoms with Crippen LogP contribution in [-0.2, 0) is 27.8 Å². The summed E-state index contributed by atoms with van der Waals surface area (Å²) >= 11 is 1.58. The van der Waals surface area contributed by atoms with E-state index in [-0.39, 0.29) is 42.3 Å². The fraction of sp³-hybridized carbons (Fsp3) is 0.528. The summed E-state index contributed by atoms with van der Waals surface area (Å²) < 4.78 is 34.2. The molecule has 0 radical (unpaired) electrons. The zero-order valence-corrected chi connectivity index (χ0v) is 31.2. The molecule has 11 nitrogen and oxygen atoms in total. The van der Waals surface area contributed by atoms with Crippen molar-refractivity contribution in [1.82, 2.24) is 24.4 Å². The summed E-state index contributed by atoms with van der Waals surface area (Å²) in [7, 11) is -2.48. The Hall–Kier alpha value is -3.52. The molecule has 1 unspecified atom stereocenters. The highest BCUT2D eigenvalue weighted by atomic mass is 32.2. The Kier molecular flexibility index (Phi) is 13.2. The van der Waals surface area contributed by atoms with Crippen LogP contribution in [-0.4, -0.2) is 96.0 Å². The molecule has 0 aliphatic carbocycles. The second-order valence-electron chi connectivity index (χ2n) is 13.7. The van der Waals surface area contributed by atoms with Gasteiger partial charge < -0.3 is 25.0 Å². The van der Waals surface area contributed by atoms with Crippen LogP contribution < -0.4 is 10.1 Å². The summed E-state index contributed by atoms with van der Waals surface area (Å²) in [4.78, 5) is 35.9. The number of nitrogens with zero attached hydrogens (tertiary/aromatic N) is 4. The number of rotatable bonds is 17. The molecule has 0 spiro atoms. The number of hydrogen-bond donors (Lipinski definition) is 2. The van der Waals surface area contributed by atoms with E-state index in [2.05, 4.69) is 24.1 Å². The van der Waals surface area contributed by atoms with Gasteiger partial charge in [0, 0.05) is 37.5 Å². The lowest BCUT2D eigenvalue weighted by Crippen LogP contribution is -2.57. The normalized spacial score (nSPS) is 15.8. The third-order valence-corrected chi connectivity index (χ3v) is 11.6. The number of aliphatic hydroxyl groups excluding tert-OH is 1. The van der Waals surface area contributed by atoms with Gasteiger partial charge in [-0.15, -0.1) is 11.3 Å². The lowest BCUT2D eigenvalue weighted by molar-refractivity contribution is -0.128. The first-order valence-electron chi connectivity index (χ1n) is 16.9. The number of aromatic nitrogens is 1. The van der Waals surface area contributed by atoms with Crippen molar-refractivity contribution in [1.29, 1.82) is 0 Å². The quantitative estimate of drug-likeness (QED) is 0.202. The molecule has 3 aromatic rings. The van der Waals surface area contributed by atoms with Crippen LogP contribution in [0.25, 0.3) is 0 Å². The molecule has 1 saturated heterocycles. The Labute approximate surface area is 295 Å². The number of carbonyl (C=O) groups excluding carboxylic acids is 2. The molecule has 4 rings (SSSR count). The van der Waals surface area contributed by atoms with E-state index >= 15 is 0 Å². The zero-order valence-electron chi connectivity index (χ0n) is 29.6. The van der Waals surface area contributed by atoms with Crippen molar-refractivity contribution >= 4 is 33.3 Å². The molecular formula is C36H51N5O6S2. The number of hydrogen-bond acceptors (Lipinski definition) is 8. The van der Waals surface area contributed by atoms with E-state index in [1.807, 2.05) is 63.4 Å². The van der Waals surface area contributed by atoms with Crippen molar-refractivity contribution in [3.05, 3.63) is 76.2 Å². The summed E-state index contributed by atoms with van der Waals surface area (Å²) in [6.07, 6.45) is -0.993. The molecule has 1 fully saturated rings. The highest BCUT2D eigenvalue weighted by Crippen LogP contribution is 2.25. The first-order chi connectivity index (χ1) is 23.2. The molecule has 2 aromatic carbocycles. The Morgan fingerprint density at radius 3 is 2.27 bits per heavy atom. The molecule has 268 valence electrons. The average Bonchev–Trinajstić information content (AvgIpc) is 3.67. The van der Waals surface area contributed by atoms with Crippen LogP contribution in [0.4, 0.5) is 4.79 Å². The first-order valence-corrected chi connectivity index (χ1v) is 19.2. The number of carbonyl (C=O) groups is 2. The molecule has 49 heavy (non-hydrogen) atoms. The molecule has 1 aromatic heterocycles. The zero-order chi connectivity index (χ0) is 35.9. The molecule has 1 aliphatic heterocycles. The standard InChI is InChI=1S/C36H51N5O6S2/c1-24(2)20-40(49(45,46)30-15-13-29(47-7)14-16-30)22-32(42)31(19-27-11-9-8-10-12-27)38-34(43)33(25(3)4)41-18-17-39(36(41)44)21-28-23-48-35(37-28)26(5)6/h8-16,23-26,31-33,42H,17-22H2,1-7H3,(H,38,43)/t31-,32+,33?/m0/s1. The number of sulfonamides is 1. The van der Waals surface area contributed by atoms with Crippen molar-refractivity contribution in [2.75, 3.05) is 33.3 Å². The highest BCUT2D eigenvalue weighted by Gasteiger charge is 2.40. The van der Waals surface area contributed by atoms with E-state index in [1.165, 1.54) is 23.5 Å². The van der Waals surface area contributed by atoms with Crippen molar-refractivity contribution in [2.24, 2.45) is 11.8 Å². The third kappa shape index (κ3) is 9.80. The molecular weight excluding hydrogens is 663 g/mol. The van der Waals surface area contributed by atoms with Gasteiger partial charge in [0.05, 0.1) is 41.4 Å². The number of methoxy groups -OCH3 is 1. The van der Waals surface area contributed by atoms with Gasteiger partial charge in [-0.05, 0) is 48.1 Å². The van der Waals surface area contributed by atoms with Gasteiger partial charge in [0.25, 0.3) is 0 Å². The predicted molar refractivity (Wildman–Crippen MR) is 192 cm³/mol. The number of amides is 3. The lowest BCUT2D eigenvalue weighted by Gasteiger charge is -2.34. The van der Waals surface area contributed by atoms with Crippen molar-refractivity contribution in [2.45, 2.75) is 83.5 Å². The van der Waals surface area contributed by atoms with Crippen LogP contribution >= 0.6 is 11.3 Å². The van der Waals surface area contributed by atoms with E-state index in [1.54, 1.807) is 33.3 Å². The minimum absolute atomic E-state index is 0.0296. The molecule has 0 bridgehead atoms. The van der Waals surface area contributed by atoms with Gasteiger partial charge in [-0.1, -0.05) is 71.9 Å². The monoisotopic (exact) mass is 713 g/mol. The van der Waals surface area contributed by atoms with E-state index in [0.29, 0.717) is 31.3 Å². The number of ether oxygens (including phenoxy) is 1.